The van der Waals surface area contributed by atoms with E-state index in [1.54, 1.807) is 35.9 Å². The Kier molecular flexibility index (Phi) is 7.59. The van der Waals surface area contributed by atoms with E-state index in [2.05, 4.69) is 5.32 Å². The summed E-state index contributed by atoms with van der Waals surface area (Å²) in [5.74, 6) is 1.27. The highest BCUT2D eigenvalue weighted by Gasteiger charge is 2.28. The predicted octanol–water partition coefficient (Wildman–Crippen LogP) is 2.26. The average Bonchev–Trinajstić information content (AvgIpc) is 3.14. The van der Waals surface area contributed by atoms with Crippen molar-refractivity contribution in [2.45, 2.75) is 18.9 Å². The van der Waals surface area contributed by atoms with Crippen LogP contribution in [0.4, 0.5) is 5.69 Å². The summed E-state index contributed by atoms with van der Waals surface area (Å²) in [6.45, 7) is 1.19. The van der Waals surface area contributed by atoms with E-state index >= 15 is 0 Å². The van der Waals surface area contributed by atoms with Gasteiger partial charge in [-0.15, -0.1) is 0 Å². The van der Waals surface area contributed by atoms with Crippen molar-refractivity contribution in [3.63, 3.8) is 0 Å². The highest BCUT2D eigenvalue weighted by Crippen LogP contribution is 2.37. The number of amides is 2. The minimum absolute atomic E-state index is 0.0600. The SMILES string of the molecule is COc1cc(C(=O)N2CCC(OC)C2)cc(NC(=O)CCSC)c1OC. The van der Waals surface area contributed by atoms with Crippen molar-refractivity contribution < 1.29 is 23.8 Å². The Morgan fingerprint density at radius 3 is 2.62 bits per heavy atom. The molecule has 0 spiro atoms. The molecule has 1 saturated heterocycles. The zero-order chi connectivity index (χ0) is 19.1. The summed E-state index contributed by atoms with van der Waals surface area (Å²) < 4.78 is 16.1. The summed E-state index contributed by atoms with van der Waals surface area (Å²) in [6.07, 6.45) is 3.20. The van der Waals surface area contributed by atoms with Gasteiger partial charge in [-0.1, -0.05) is 0 Å². The highest BCUT2D eigenvalue weighted by atomic mass is 32.2. The molecule has 1 atom stereocenters. The Morgan fingerprint density at radius 1 is 1.27 bits per heavy atom. The van der Waals surface area contributed by atoms with Gasteiger partial charge in [0.2, 0.25) is 5.91 Å². The van der Waals surface area contributed by atoms with Crippen LogP contribution in [0.15, 0.2) is 12.1 Å². The molecule has 1 heterocycles. The fourth-order valence-corrected chi connectivity index (χ4v) is 3.27. The van der Waals surface area contributed by atoms with Gasteiger partial charge in [-0.2, -0.15) is 11.8 Å². The minimum Gasteiger partial charge on any atom is -0.493 e. The van der Waals surface area contributed by atoms with Crippen LogP contribution < -0.4 is 14.8 Å². The maximum Gasteiger partial charge on any atom is 0.254 e. The number of carbonyl (C=O) groups excluding carboxylic acids is 2. The summed E-state index contributed by atoms with van der Waals surface area (Å²) in [5.41, 5.74) is 0.878. The number of nitrogens with one attached hydrogen (secondary N) is 1. The molecule has 0 aromatic heterocycles. The lowest BCUT2D eigenvalue weighted by atomic mass is 10.1. The van der Waals surface area contributed by atoms with E-state index in [4.69, 9.17) is 14.2 Å². The molecule has 7 nitrogen and oxygen atoms in total. The van der Waals surface area contributed by atoms with Crippen molar-refractivity contribution in [3.8, 4) is 11.5 Å². The molecule has 0 radical (unpaired) electrons. The first-order valence-electron chi connectivity index (χ1n) is 8.40. The van der Waals surface area contributed by atoms with Gasteiger partial charge in [-0.25, -0.2) is 0 Å². The van der Waals surface area contributed by atoms with Crippen LogP contribution in [0.25, 0.3) is 0 Å². The van der Waals surface area contributed by atoms with Crippen molar-refractivity contribution in [2.75, 3.05) is 51.7 Å². The number of nitrogens with zero attached hydrogens (tertiary/aromatic N) is 1. The molecule has 1 aromatic rings. The van der Waals surface area contributed by atoms with Crippen molar-refractivity contribution in [1.82, 2.24) is 4.90 Å². The van der Waals surface area contributed by atoms with Crippen LogP contribution in [0.2, 0.25) is 0 Å². The van der Waals surface area contributed by atoms with Gasteiger partial charge < -0.3 is 24.4 Å². The number of hydrogen-bond donors (Lipinski definition) is 1. The quantitative estimate of drug-likeness (QED) is 0.743. The van der Waals surface area contributed by atoms with Gasteiger partial charge in [0.25, 0.3) is 5.91 Å². The molecule has 1 unspecified atom stereocenters. The Morgan fingerprint density at radius 2 is 2.04 bits per heavy atom. The molecular formula is C18H26N2O5S. The number of anilines is 1. The molecule has 1 N–H and O–H groups in total. The van der Waals surface area contributed by atoms with Crippen molar-refractivity contribution >= 4 is 29.3 Å². The number of thioether (sulfide) groups is 1. The van der Waals surface area contributed by atoms with Gasteiger partial charge in [-0.05, 0) is 24.8 Å². The lowest BCUT2D eigenvalue weighted by Gasteiger charge is -2.19. The Labute approximate surface area is 158 Å². The molecule has 1 aromatic carbocycles. The fraction of sp³-hybridized carbons (Fsp3) is 0.556. The molecule has 1 aliphatic rings. The molecule has 144 valence electrons. The van der Waals surface area contributed by atoms with Crippen LogP contribution in [0.1, 0.15) is 23.2 Å². The molecule has 2 amide bonds. The van der Waals surface area contributed by atoms with Crippen molar-refractivity contribution in [2.24, 2.45) is 0 Å². The topological polar surface area (TPSA) is 77.1 Å². The van der Waals surface area contributed by atoms with E-state index < -0.39 is 0 Å². The minimum atomic E-state index is -0.134. The van der Waals surface area contributed by atoms with Gasteiger partial charge in [0.1, 0.15) is 0 Å². The zero-order valence-electron chi connectivity index (χ0n) is 15.7. The van der Waals surface area contributed by atoms with Crippen LogP contribution in [0, 0.1) is 0 Å². The molecule has 1 fully saturated rings. The fourth-order valence-electron chi connectivity index (χ4n) is 2.88. The first kappa shape index (κ1) is 20.4. The second-order valence-corrected chi connectivity index (χ2v) is 6.93. The van der Waals surface area contributed by atoms with Gasteiger partial charge in [0.15, 0.2) is 11.5 Å². The van der Waals surface area contributed by atoms with Gasteiger partial charge in [0.05, 0.1) is 26.0 Å². The second-order valence-electron chi connectivity index (χ2n) is 5.95. The summed E-state index contributed by atoms with van der Waals surface area (Å²) in [5, 5.41) is 2.82. The first-order chi connectivity index (χ1) is 12.5. The van der Waals surface area contributed by atoms with Gasteiger partial charge in [0, 0.05) is 37.9 Å². The molecule has 0 bridgehead atoms. The Balaban J connectivity index is 2.28. The van der Waals surface area contributed by atoms with E-state index in [1.807, 2.05) is 6.26 Å². The van der Waals surface area contributed by atoms with Crippen LogP contribution in [-0.2, 0) is 9.53 Å². The molecule has 2 rings (SSSR count). The molecular weight excluding hydrogens is 356 g/mol. The third-order valence-electron chi connectivity index (χ3n) is 4.30. The molecule has 0 saturated carbocycles. The van der Waals surface area contributed by atoms with Crippen molar-refractivity contribution in [1.29, 1.82) is 0 Å². The second kappa shape index (κ2) is 9.68. The largest absolute Gasteiger partial charge is 0.493 e. The molecule has 8 heteroatoms. The van der Waals surface area contributed by atoms with Crippen LogP contribution in [-0.4, -0.2) is 69.2 Å². The number of rotatable bonds is 8. The summed E-state index contributed by atoms with van der Waals surface area (Å²) in [4.78, 5) is 26.7. The number of ether oxygens (including phenoxy) is 3. The van der Waals surface area contributed by atoms with Crippen LogP contribution in [0.5, 0.6) is 11.5 Å². The van der Waals surface area contributed by atoms with E-state index in [1.165, 1.54) is 14.2 Å². The lowest BCUT2D eigenvalue weighted by molar-refractivity contribution is -0.115. The Hall–Kier alpha value is -1.93. The van der Waals surface area contributed by atoms with E-state index in [9.17, 15) is 9.59 Å². The molecule has 1 aliphatic heterocycles. The van der Waals surface area contributed by atoms with Crippen LogP contribution >= 0.6 is 11.8 Å². The first-order valence-corrected chi connectivity index (χ1v) is 9.80. The summed E-state index contributed by atoms with van der Waals surface area (Å²) in [7, 11) is 4.65. The van der Waals surface area contributed by atoms with E-state index in [0.717, 1.165) is 12.2 Å². The van der Waals surface area contributed by atoms with Gasteiger partial charge in [-0.3, -0.25) is 9.59 Å². The summed E-state index contributed by atoms with van der Waals surface area (Å²) in [6, 6.07) is 3.28. The lowest BCUT2D eigenvalue weighted by Crippen LogP contribution is -2.30. The highest BCUT2D eigenvalue weighted by molar-refractivity contribution is 7.98. The molecule has 26 heavy (non-hydrogen) atoms. The number of hydrogen-bond acceptors (Lipinski definition) is 6. The zero-order valence-corrected chi connectivity index (χ0v) is 16.5. The molecule has 0 aliphatic carbocycles. The number of carbonyl (C=O) groups is 2. The van der Waals surface area contributed by atoms with Gasteiger partial charge >= 0.3 is 0 Å². The predicted molar refractivity (Wildman–Crippen MR) is 102 cm³/mol. The maximum atomic E-state index is 12.8. The standard InChI is InChI=1S/C18H26N2O5S/c1-23-13-5-7-20(11-13)18(22)12-9-14(19-16(21)6-8-26-4)17(25-3)15(10-12)24-2/h9-10,13H,5-8,11H2,1-4H3,(H,19,21). The van der Waals surface area contributed by atoms with E-state index in [0.29, 0.717) is 42.3 Å². The third-order valence-corrected chi connectivity index (χ3v) is 4.91. The third kappa shape index (κ3) is 4.82. The smallest absolute Gasteiger partial charge is 0.254 e. The number of methoxy groups -OCH3 is 3. The normalized spacial score (nSPS) is 16.5. The van der Waals surface area contributed by atoms with Crippen molar-refractivity contribution in [3.05, 3.63) is 17.7 Å². The monoisotopic (exact) mass is 382 g/mol. The average molecular weight is 382 g/mol. The Bertz CT molecular complexity index is 653. The summed E-state index contributed by atoms with van der Waals surface area (Å²) >= 11 is 1.60. The van der Waals surface area contributed by atoms with E-state index in [-0.39, 0.29) is 17.9 Å². The maximum absolute atomic E-state index is 12.8. The van der Waals surface area contributed by atoms with Crippen LogP contribution in [0.3, 0.4) is 0 Å². The number of likely N-dealkylation sites (tertiary alicyclic amines) is 1. The number of benzene rings is 1.